The molecular formula is C14H26N2S2. The lowest BCUT2D eigenvalue weighted by molar-refractivity contribution is 0.479. The molecule has 18 heavy (non-hydrogen) atoms. The predicted molar refractivity (Wildman–Crippen MR) is 85.9 cm³/mol. The fourth-order valence-corrected chi connectivity index (χ4v) is 5.35. The first kappa shape index (κ1) is 14.6. The zero-order chi connectivity index (χ0) is 13.0. The highest BCUT2D eigenvalue weighted by Crippen LogP contribution is 2.37. The molecule has 0 spiro atoms. The Hall–Kier alpha value is 0.170. The van der Waals surface area contributed by atoms with Crippen molar-refractivity contribution >= 4 is 28.7 Å². The van der Waals surface area contributed by atoms with Crippen molar-refractivity contribution in [2.75, 3.05) is 18.8 Å². The standard InChI is InChI=1S/C14H26N2S2/c1-4-11(5-2)12-9-15-13(18-12)16-10-14(3)7-6-8-17-14/h11-12H,4-10H2,1-3H3,(H,15,16). The van der Waals surface area contributed by atoms with Gasteiger partial charge in [0, 0.05) is 16.5 Å². The van der Waals surface area contributed by atoms with E-state index in [1.807, 2.05) is 11.8 Å². The van der Waals surface area contributed by atoms with Gasteiger partial charge < -0.3 is 5.32 Å². The summed E-state index contributed by atoms with van der Waals surface area (Å²) in [7, 11) is 0. The van der Waals surface area contributed by atoms with Gasteiger partial charge in [0.05, 0.1) is 6.54 Å². The van der Waals surface area contributed by atoms with Gasteiger partial charge in [-0.1, -0.05) is 38.5 Å². The number of nitrogens with one attached hydrogen (secondary N) is 1. The number of rotatable bonds is 5. The first-order valence-corrected chi connectivity index (χ1v) is 9.12. The highest BCUT2D eigenvalue weighted by Gasteiger charge is 2.31. The molecule has 2 aliphatic rings. The zero-order valence-electron chi connectivity index (χ0n) is 11.9. The summed E-state index contributed by atoms with van der Waals surface area (Å²) in [5.74, 6) is 2.16. The van der Waals surface area contributed by atoms with Gasteiger partial charge in [-0.2, -0.15) is 11.8 Å². The summed E-state index contributed by atoms with van der Waals surface area (Å²) in [6.45, 7) is 9.09. The summed E-state index contributed by atoms with van der Waals surface area (Å²) >= 11 is 4.10. The highest BCUT2D eigenvalue weighted by atomic mass is 32.2. The van der Waals surface area contributed by atoms with Crippen LogP contribution in [0.1, 0.15) is 46.5 Å². The largest absolute Gasteiger partial charge is 0.364 e. The van der Waals surface area contributed by atoms with E-state index in [-0.39, 0.29) is 0 Å². The van der Waals surface area contributed by atoms with Crippen molar-refractivity contribution < 1.29 is 0 Å². The van der Waals surface area contributed by atoms with Gasteiger partial charge in [0.2, 0.25) is 0 Å². The lowest BCUT2D eigenvalue weighted by atomic mass is 9.99. The van der Waals surface area contributed by atoms with E-state index in [0.717, 1.165) is 19.0 Å². The van der Waals surface area contributed by atoms with Crippen molar-refractivity contribution in [1.29, 1.82) is 0 Å². The van der Waals surface area contributed by atoms with Gasteiger partial charge in [-0.05, 0) is 31.4 Å². The summed E-state index contributed by atoms with van der Waals surface area (Å²) in [6.07, 6.45) is 5.28. The van der Waals surface area contributed by atoms with Crippen LogP contribution < -0.4 is 5.32 Å². The molecule has 0 amide bonds. The van der Waals surface area contributed by atoms with Crippen molar-refractivity contribution in [2.24, 2.45) is 10.9 Å². The van der Waals surface area contributed by atoms with E-state index in [2.05, 4.69) is 42.8 Å². The van der Waals surface area contributed by atoms with Gasteiger partial charge in [-0.3, -0.25) is 4.99 Å². The maximum absolute atomic E-state index is 4.69. The summed E-state index contributed by atoms with van der Waals surface area (Å²) in [5, 5.41) is 5.50. The predicted octanol–water partition coefficient (Wildman–Crippen LogP) is 3.77. The van der Waals surface area contributed by atoms with Crippen molar-refractivity contribution in [1.82, 2.24) is 5.32 Å². The maximum atomic E-state index is 4.69. The molecule has 2 rings (SSSR count). The molecule has 1 fully saturated rings. The van der Waals surface area contributed by atoms with Crippen LogP contribution in [0.2, 0.25) is 0 Å². The topological polar surface area (TPSA) is 24.4 Å². The molecule has 0 bridgehead atoms. The van der Waals surface area contributed by atoms with E-state index in [1.54, 1.807) is 0 Å². The number of thioether (sulfide) groups is 2. The monoisotopic (exact) mass is 286 g/mol. The Morgan fingerprint density at radius 3 is 2.83 bits per heavy atom. The van der Waals surface area contributed by atoms with Crippen LogP contribution in [0.4, 0.5) is 0 Å². The van der Waals surface area contributed by atoms with E-state index >= 15 is 0 Å². The molecule has 104 valence electrons. The first-order chi connectivity index (χ1) is 8.67. The second kappa shape index (κ2) is 6.56. The minimum atomic E-state index is 0.441. The van der Waals surface area contributed by atoms with E-state index in [9.17, 15) is 0 Å². The molecule has 0 aromatic carbocycles. The van der Waals surface area contributed by atoms with Gasteiger partial charge in [-0.25, -0.2) is 0 Å². The molecule has 2 atom stereocenters. The average molecular weight is 287 g/mol. The lowest BCUT2D eigenvalue weighted by Crippen LogP contribution is -2.35. The van der Waals surface area contributed by atoms with E-state index in [1.165, 1.54) is 36.6 Å². The molecule has 1 saturated heterocycles. The number of hydrogen-bond donors (Lipinski definition) is 1. The summed E-state index contributed by atoms with van der Waals surface area (Å²) < 4.78 is 0.441. The Morgan fingerprint density at radius 2 is 2.22 bits per heavy atom. The zero-order valence-corrected chi connectivity index (χ0v) is 13.5. The van der Waals surface area contributed by atoms with Crippen molar-refractivity contribution in [3.8, 4) is 0 Å². The van der Waals surface area contributed by atoms with Crippen LogP contribution >= 0.6 is 23.5 Å². The number of nitrogens with zero attached hydrogens (tertiary/aromatic N) is 1. The fraction of sp³-hybridized carbons (Fsp3) is 0.929. The lowest BCUT2D eigenvalue weighted by Gasteiger charge is -2.24. The highest BCUT2D eigenvalue weighted by molar-refractivity contribution is 8.14. The van der Waals surface area contributed by atoms with Crippen molar-refractivity contribution in [2.45, 2.75) is 56.5 Å². The quantitative estimate of drug-likeness (QED) is 0.832. The van der Waals surface area contributed by atoms with Gasteiger partial charge in [0.15, 0.2) is 5.17 Å². The SMILES string of the molecule is CCC(CC)C1CN=C(NCC2(C)CCCS2)S1. The van der Waals surface area contributed by atoms with Crippen LogP contribution in [0.5, 0.6) is 0 Å². The molecule has 0 radical (unpaired) electrons. The van der Waals surface area contributed by atoms with Crippen molar-refractivity contribution in [3.63, 3.8) is 0 Å². The summed E-state index contributed by atoms with van der Waals surface area (Å²) in [5.41, 5.74) is 0. The van der Waals surface area contributed by atoms with E-state index in [4.69, 9.17) is 0 Å². The molecule has 1 N–H and O–H groups in total. The third kappa shape index (κ3) is 3.60. The van der Waals surface area contributed by atoms with E-state index in [0.29, 0.717) is 10.00 Å². The Bertz CT molecular complexity index is 294. The van der Waals surface area contributed by atoms with Crippen molar-refractivity contribution in [3.05, 3.63) is 0 Å². The normalized spacial score (nSPS) is 32.0. The van der Waals surface area contributed by atoms with Crippen LogP contribution in [-0.2, 0) is 0 Å². The van der Waals surface area contributed by atoms with Gasteiger partial charge >= 0.3 is 0 Å². The molecule has 2 unspecified atom stereocenters. The van der Waals surface area contributed by atoms with Crippen LogP contribution in [-0.4, -0.2) is 34.0 Å². The number of hydrogen-bond acceptors (Lipinski definition) is 4. The molecule has 4 heteroatoms. The Morgan fingerprint density at radius 1 is 1.44 bits per heavy atom. The van der Waals surface area contributed by atoms with E-state index < -0.39 is 0 Å². The minimum absolute atomic E-state index is 0.441. The fourth-order valence-electron chi connectivity index (χ4n) is 2.79. The Labute approximate surface area is 120 Å². The van der Waals surface area contributed by atoms with Gasteiger partial charge in [-0.15, -0.1) is 0 Å². The summed E-state index contributed by atoms with van der Waals surface area (Å²) in [6, 6.07) is 0. The molecule has 0 aromatic heterocycles. The third-order valence-electron chi connectivity index (χ3n) is 4.17. The Balaban J connectivity index is 1.75. The molecule has 0 aromatic rings. The minimum Gasteiger partial charge on any atom is -0.364 e. The Kier molecular flexibility index (Phi) is 5.31. The van der Waals surface area contributed by atoms with Crippen LogP contribution in [0, 0.1) is 5.92 Å². The molecule has 2 heterocycles. The van der Waals surface area contributed by atoms with Crippen LogP contribution in [0.25, 0.3) is 0 Å². The molecular weight excluding hydrogens is 260 g/mol. The molecule has 2 nitrogen and oxygen atoms in total. The second-order valence-corrected chi connectivity index (χ2v) is 8.54. The smallest absolute Gasteiger partial charge is 0.156 e. The number of aliphatic imine (C=N–C) groups is 1. The van der Waals surface area contributed by atoms with Gasteiger partial charge in [0.25, 0.3) is 0 Å². The second-order valence-electron chi connectivity index (χ2n) is 5.63. The maximum Gasteiger partial charge on any atom is 0.156 e. The van der Waals surface area contributed by atoms with Gasteiger partial charge in [0.1, 0.15) is 0 Å². The number of amidine groups is 1. The summed E-state index contributed by atoms with van der Waals surface area (Å²) in [4.78, 5) is 4.69. The van der Waals surface area contributed by atoms with Crippen LogP contribution in [0.3, 0.4) is 0 Å². The molecule has 0 aliphatic carbocycles. The third-order valence-corrected chi connectivity index (χ3v) is 7.04. The molecule has 2 aliphatic heterocycles. The van der Waals surface area contributed by atoms with Crippen LogP contribution in [0.15, 0.2) is 4.99 Å². The molecule has 0 saturated carbocycles. The average Bonchev–Trinajstić information content (AvgIpc) is 2.99. The first-order valence-electron chi connectivity index (χ1n) is 7.26.